The lowest BCUT2D eigenvalue weighted by molar-refractivity contribution is 0.590. The van der Waals surface area contributed by atoms with Crippen LogP contribution in [0.2, 0.25) is 0 Å². The Morgan fingerprint density at radius 3 is 2.90 bits per heavy atom. The first-order chi connectivity index (χ1) is 15.0. The van der Waals surface area contributed by atoms with E-state index in [1.54, 1.807) is 23.0 Å². The lowest BCUT2D eigenvalue weighted by atomic mass is 9.92. The summed E-state index contributed by atoms with van der Waals surface area (Å²) < 4.78 is 15.5. The summed E-state index contributed by atoms with van der Waals surface area (Å²) >= 11 is 0. The molecule has 0 aliphatic heterocycles. The fraction of sp³-hybridized carbons (Fsp3) is 0.318. The third kappa shape index (κ3) is 3.67. The minimum Gasteiger partial charge on any atom is -0.351 e. The number of nitrogens with one attached hydrogen (secondary N) is 2. The summed E-state index contributed by atoms with van der Waals surface area (Å²) in [5.41, 5.74) is 4.22. The van der Waals surface area contributed by atoms with Gasteiger partial charge in [0.1, 0.15) is 5.82 Å². The van der Waals surface area contributed by atoms with Gasteiger partial charge in [0, 0.05) is 35.1 Å². The average Bonchev–Trinajstić information content (AvgIpc) is 3.18. The third-order valence-electron chi connectivity index (χ3n) is 5.62. The molecule has 4 aromatic heterocycles. The summed E-state index contributed by atoms with van der Waals surface area (Å²) in [6, 6.07) is 4.93. The van der Waals surface area contributed by atoms with Crippen molar-refractivity contribution in [3.05, 3.63) is 69.8 Å². The third-order valence-corrected chi connectivity index (χ3v) is 5.62. The van der Waals surface area contributed by atoms with Crippen LogP contribution in [0.4, 0.5) is 10.3 Å². The van der Waals surface area contributed by atoms with E-state index in [-0.39, 0.29) is 17.5 Å². The molecular weight excluding hydrogens is 397 g/mol. The zero-order valence-corrected chi connectivity index (χ0v) is 17.3. The Morgan fingerprint density at radius 2 is 2.10 bits per heavy atom. The first kappa shape index (κ1) is 19.3. The van der Waals surface area contributed by atoms with E-state index in [0.29, 0.717) is 23.0 Å². The number of fused-ring (bicyclic) bond motifs is 2. The maximum absolute atomic E-state index is 13.8. The van der Waals surface area contributed by atoms with Gasteiger partial charge in [0.25, 0.3) is 0 Å². The second-order valence-electron chi connectivity index (χ2n) is 8.16. The molecule has 4 aromatic rings. The van der Waals surface area contributed by atoms with Gasteiger partial charge < -0.3 is 10.3 Å². The van der Waals surface area contributed by atoms with Gasteiger partial charge >= 0.3 is 0 Å². The summed E-state index contributed by atoms with van der Waals surface area (Å²) in [5.74, 6) is 0.724. The zero-order chi connectivity index (χ0) is 21.5. The van der Waals surface area contributed by atoms with Crippen LogP contribution < -0.4 is 10.9 Å². The smallest absolute Gasteiger partial charge is 0.248 e. The molecule has 9 heteroatoms. The molecule has 2 N–H and O–H groups in total. The monoisotopic (exact) mass is 419 g/mol. The first-order valence-corrected chi connectivity index (χ1v) is 10.3. The number of pyridine rings is 2. The van der Waals surface area contributed by atoms with Gasteiger partial charge in [-0.2, -0.15) is 14.6 Å². The summed E-state index contributed by atoms with van der Waals surface area (Å²) in [7, 11) is 0. The van der Waals surface area contributed by atoms with Crippen LogP contribution in [-0.2, 0) is 12.8 Å². The number of aryl methyl sites for hydroxylation is 1. The molecule has 0 saturated carbocycles. The van der Waals surface area contributed by atoms with E-state index in [1.165, 1.54) is 6.07 Å². The minimum absolute atomic E-state index is 0.0752. The highest BCUT2D eigenvalue weighted by Crippen LogP contribution is 2.26. The molecule has 1 aliphatic carbocycles. The van der Waals surface area contributed by atoms with Crippen molar-refractivity contribution in [3.63, 3.8) is 0 Å². The summed E-state index contributed by atoms with van der Waals surface area (Å²) in [6.45, 7) is 4.16. The molecule has 31 heavy (non-hydrogen) atoms. The average molecular weight is 419 g/mol. The highest BCUT2D eigenvalue weighted by Gasteiger charge is 2.22. The Labute approximate surface area is 177 Å². The maximum atomic E-state index is 13.8. The molecule has 1 atom stereocenters. The Hall–Kier alpha value is -3.62. The molecule has 8 nitrogen and oxygen atoms in total. The number of aromatic nitrogens is 6. The molecule has 0 bridgehead atoms. The van der Waals surface area contributed by atoms with Crippen molar-refractivity contribution in [2.75, 3.05) is 5.32 Å². The Morgan fingerprint density at radius 1 is 1.23 bits per heavy atom. The van der Waals surface area contributed by atoms with Gasteiger partial charge in [-0.15, -0.1) is 0 Å². The normalized spacial score (nSPS) is 15.9. The number of nitrogens with zero attached hydrogens (tertiary/aromatic N) is 5. The molecule has 1 aliphatic rings. The van der Waals surface area contributed by atoms with Crippen LogP contribution in [0.25, 0.3) is 17.0 Å². The molecule has 0 spiro atoms. The van der Waals surface area contributed by atoms with Crippen molar-refractivity contribution in [1.82, 2.24) is 29.5 Å². The Balaban J connectivity index is 1.56. The van der Waals surface area contributed by atoms with E-state index in [9.17, 15) is 9.18 Å². The van der Waals surface area contributed by atoms with Gasteiger partial charge in [0.15, 0.2) is 11.5 Å². The number of hydrogen-bond donors (Lipinski definition) is 2. The van der Waals surface area contributed by atoms with Gasteiger partial charge in [-0.05, 0) is 36.8 Å². The minimum atomic E-state index is -0.439. The standard InChI is InChI=1S/C22H22FN7O/c1-12(2)17-11-25-30-21(17)28-20(14-7-15(23)10-24-9-14)29-22(30)26-16-4-5-18-13(8-16)3-6-19(31)27-18/h3,6-7,9-12,16H,4-5,8H2,1-2H3,(H,27,31)(H,26,28,29)/t16-/m1/s1. The predicted molar refractivity (Wildman–Crippen MR) is 115 cm³/mol. The topological polar surface area (TPSA) is 101 Å². The van der Waals surface area contributed by atoms with E-state index in [4.69, 9.17) is 0 Å². The van der Waals surface area contributed by atoms with Crippen LogP contribution >= 0.6 is 0 Å². The van der Waals surface area contributed by atoms with E-state index in [1.807, 2.05) is 6.07 Å². The SMILES string of the molecule is CC(C)c1cnn2c(N[C@@H]3CCc4[nH]c(=O)ccc4C3)nc(-c3cncc(F)c3)nc12. The van der Waals surface area contributed by atoms with Crippen LogP contribution in [0.3, 0.4) is 0 Å². The quantitative estimate of drug-likeness (QED) is 0.527. The van der Waals surface area contributed by atoms with Crippen molar-refractivity contribution in [3.8, 4) is 11.4 Å². The van der Waals surface area contributed by atoms with E-state index in [0.717, 1.165) is 42.3 Å². The Kier molecular flexibility index (Phi) is 4.72. The fourth-order valence-electron chi connectivity index (χ4n) is 4.01. The van der Waals surface area contributed by atoms with E-state index < -0.39 is 5.82 Å². The van der Waals surface area contributed by atoms with Crippen LogP contribution in [0.5, 0.6) is 0 Å². The van der Waals surface area contributed by atoms with Crippen molar-refractivity contribution in [1.29, 1.82) is 0 Å². The predicted octanol–water partition coefficient (Wildman–Crippen LogP) is 3.11. The second-order valence-corrected chi connectivity index (χ2v) is 8.16. The summed E-state index contributed by atoms with van der Waals surface area (Å²) in [5, 5.41) is 8.01. The van der Waals surface area contributed by atoms with Crippen molar-refractivity contribution < 1.29 is 4.39 Å². The zero-order valence-electron chi connectivity index (χ0n) is 17.3. The molecule has 4 heterocycles. The van der Waals surface area contributed by atoms with Gasteiger partial charge in [0.2, 0.25) is 11.5 Å². The largest absolute Gasteiger partial charge is 0.351 e. The highest BCUT2D eigenvalue weighted by molar-refractivity contribution is 5.62. The van der Waals surface area contributed by atoms with Gasteiger partial charge in [-0.25, -0.2) is 9.37 Å². The molecule has 0 saturated heterocycles. The highest BCUT2D eigenvalue weighted by atomic mass is 19.1. The van der Waals surface area contributed by atoms with Crippen LogP contribution in [-0.4, -0.2) is 35.6 Å². The molecule has 5 rings (SSSR count). The Bertz CT molecular complexity index is 1330. The number of aromatic amines is 1. The molecular formula is C22H22FN7O. The number of anilines is 1. The van der Waals surface area contributed by atoms with Gasteiger partial charge in [0.05, 0.1) is 12.4 Å². The number of hydrogen-bond acceptors (Lipinski definition) is 6. The second kappa shape index (κ2) is 7.57. The van der Waals surface area contributed by atoms with Gasteiger partial charge in [-0.3, -0.25) is 9.78 Å². The van der Waals surface area contributed by atoms with Crippen LogP contribution in [0.15, 0.2) is 41.6 Å². The van der Waals surface area contributed by atoms with E-state index >= 15 is 0 Å². The fourth-order valence-corrected chi connectivity index (χ4v) is 4.01. The summed E-state index contributed by atoms with van der Waals surface area (Å²) in [6.07, 6.45) is 6.88. The number of H-pyrrole nitrogens is 1. The van der Waals surface area contributed by atoms with Gasteiger partial charge in [-0.1, -0.05) is 19.9 Å². The molecule has 0 radical (unpaired) electrons. The lowest BCUT2D eigenvalue weighted by Crippen LogP contribution is -2.30. The first-order valence-electron chi connectivity index (χ1n) is 10.3. The van der Waals surface area contributed by atoms with Crippen molar-refractivity contribution >= 4 is 11.6 Å². The molecule has 0 fully saturated rings. The molecule has 0 unspecified atom stereocenters. The van der Waals surface area contributed by atoms with Crippen molar-refractivity contribution in [2.24, 2.45) is 0 Å². The number of halogens is 1. The van der Waals surface area contributed by atoms with E-state index in [2.05, 4.69) is 44.2 Å². The van der Waals surface area contributed by atoms with Crippen LogP contribution in [0.1, 0.15) is 43.0 Å². The maximum Gasteiger partial charge on any atom is 0.248 e. The lowest BCUT2D eigenvalue weighted by Gasteiger charge is -2.25. The summed E-state index contributed by atoms with van der Waals surface area (Å²) in [4.78, 5) is 27.8. The van der Waals surface area contributed by atoms with Crippen molar-refractivity contribution in [2.45, 2.75) is 45.1 Å². The molecule has 158 valence electrons. The van der Waals surface area contributed by atoms with Crippen LogP contribution in [0, 0.1) is 5.82 Å². The molecule has 0 aromatic carbocycles. The number of rotatable bonds is 4. The molecule has 0 amide bonds.